The molecule has 124 valence electrons. The molecule has 0 bridgehead atoms. The molecule has 1 aromatic rings. The second-order valence-corrected chi connectivity index (χ2v) is 5.23. The summed E-state index contributed by atoms with van der Waals surface area (Å²) < 4.78 is 13.1. The Morgan fingerprint density at radius 1 is 1.36 bits per heavy atom. The van der Waals surface area contributed by atoms with Gasteiger partial charge in [0.15, 0.2) is 0 Å². The molecule has 0 aliphatic carbocycles. The normalized spacial score (nSPS) is 11.4. The van der Waals surface area contributed by atoms with Crippen LogP contribution in [0.25, 0.3) is 0 Å². The number of aliphatic hydroxyl groups is 1. The van der Waals surface area contributed by atoms with E-state index in [9.17, 15) is 9.36 Å². The summed E-state index contributed by atoms with van der Waals surface area (Å²) in [6, 6.07) is 6.71. The molecule has 0 aliphatic heterocycles. The maximum absolute atomic E-state index is 10.3. The lowest BCUT2D eigenvalue weighted by atomic mass is 10.2. The topological polar surface area (TPSA) is 177 Å². The summed E-state index contributed by atoms with van der Waals surface area (Å²) in [5.41, 5.74) is 5.64. The van der Waals surface area contributed by atoms with Gasteiger partial charge in [0, 0.05) is 12.6 Å². The molecule has 11 heteroatoms. The van der Waals surface area contributed by atoms with Gasteiger partial charge in [0.2, 0.25) is 5.96 Å². The lowest BCUT2D eigenvalue weighted by Crippen LogP contribution is -2.37. The smallest absolute Gasteiger partial charge is 0.451 e. The Hall–Kier alpha value is -2.13. The number of carboxylic acids is 1. The Bertz CT molecular complexity index is 573. The standard InChI is InChI=1S/C7H8O2.C4H10N3O5P/c8-5-6-3-1-2-4-7(6)9;1-7(2-3(8)9)4(5)6-13(10,11)12/h1-4,8-9H,5H2;2H2,1H3,(H,8,9)(H4,5,6,10,11,12). The molecule has 0 saturated carbocycles. The van der Waals surface area contributed by atoms with Gasteiger partial charge in [-0.15, -0.1) is 4.76 Å². The summed E-state index contributed by atoms with van der Waals surface area (Å²) in [4.78, 5) is 27.7. The van der Waals surface area contributed by atoms with Crippen LogP contribution in [0.5, 0.6) is 5.75 Å². The van der Waals surface area contributed by atoms with Crippen LogP contribution in [0.4, 0.5) is 0 Å². The van der Waals surface area contributed by atoms with E-state index >= 15 is 0 Å². The monoisotopic (exact) mass is 335 g/mol. The van der Waals surface area contributed by atoms with Gasteiger partial charge in [0.05, 0.1) is 6.61 Å². The highest BCUT2D eigenvalue weighted by Gasteiger charge is 2.14. The first-order valence-corrected chi connectivity index (χ1v) is 7.35. The van der Waals surface area contributed by atoms with Gasteiger partial charge in [-0.05, 0) is 6.07 Å². The zero-order valence-electron chi connectivity index (χ0n) is 11.7. The highest BCUT2D eigenvalue weighted by Crippen LogP contribution is 2.35. The van der Waals surface area contributed by atoms with Crippen LogP contribution in [0.1, 0.15) is 5.56 Å². The molecule has 0 aliphatic rings. The molecule has 0 amide bonds. The number of carbonyl (C=O) groups is 1. The van der Waals surface area contributed by atoms with Crippen molar-refractivity contribution in [3.8, 4) is 5.75 Å². The number of rotatable bonds is 4. The zero-order chi connectivity index (χ0) is 17.3. The third-order valence-electron chi connectivity index (χ3n) is 2.16. The van der Waals surface area contributed by atoms with Crippen molar-refractivity contribution in [1.29, 1.82) is 0 Å². The SMILES string of the molecule is CN(CC(=O)O)C(N)=NP(=O)(O)O.OCc1ccccc1O. The second-order valence-electron chi connectivity index (χ2n) is 4.01. The van der Waals surface area contributed by atoms with Crippen molar-refractivity contribution in [3.05, 3.63) is 29.8 Å². The van der Waals surface area contributed by atoms with E-state index < -0.39 is 26.2 Å². The van der Waals surface area contributed by atoms with E-state index in [1.54, 1.807) is 24.3 Å². The van der Waals surface area contributed by atoms with E-state index in [0.717, 1.165) is 4.90 Å². The summed E-state index contributed by atoms with van der Waals surface area (Å²) in [6.07, 6.45) is 0. The highest BCUT2D eigenvalue weighted by atomic mass is 31.2. The molecule has 0 heterocycles. The third kappa shape index (κ3) is 8.93. The summed E-state index contributed by atoms with van der Waals surface area (Å²) in [5, 5.41) is 25.8. The molecule has 1 aromatic carbocycles. The molecule has 0 saturated heterocycles. The van der Waals surface area contributed by atoms with Crippen molar-refractivity contribution in [2.75, 3.05) is 13.6 Å². The summed E-state index contributed by atoms with van der Waals surface area (Å²) in [6.45, 7) is -0.581. The molecular formula is C11H18N3O7P. The maximum Gasteiger partial charge on any atom is 0.451 e. The minimum absolute atomic E-state index is 0.104. The van der Waals surface area contributed by atoms with Crippen LogP contribution >= 0.6 is 7.75 Å². The minimum Gasteiger partial charge on any atom is -0.508 e. The van der Waals surface area contributed by atoms with Crippen molar-refractivity contribution in [3.63, 3.8) is 0 Å². The predicted octanol–water partition coefficient (Wildman–Crippen LogP) is -0.705. The van der Waals surface area contributed by atoms with E-state index in [4.69, 9.17) is 30.8 Å². The van der Waals surface area contributed by atoms with E-state index in [-0.39, 0.29) is 12.4 Å². The number of guanidine groups is 1. The molecule has 0 spiro atoms. The largest absolute Gasteiger partial charge is 0.508 e. The third-order valence-corrected chi connectivity index (χ3v) is 2.62. The van der Waals surface area contributed by atoms with Crippen molar-refractivity contribution >= 4 is 19.7 Å². The van der Waals surface area contributed by atoms with Gasteiger partial charge in [-0.2, -0.15) is 0 Å². The van der Waals surface area contributed by atoms with Gasteiger partial charge in [0.25, 0.3) is 0 Å². The minimum atomic E-state index is -4.59. The summed E-state index contributed by atoms with van der Waals surface area (Å²) in [5.74, 6) is -1.54. The fourth-order valence-electron chi connectivity index (χ4n) is 1.14. The van der Waals surface area contributed by atoms with Gasteiger partial charge < -0.3 is 35.7 Å². The maximum atomic E-state index is 10.3. The molecular weight excluding hydrogens is 317 g/mol. The van der Waals surface area contributed by atoms with Crippen LogP contribution in [0.15, 0.2) is 29.0 Å². The van der Waals surface area contributed by atoms with Crippen molar-refractivity contribution in [2.45, 2.75) is 6.61 Å². The van der Waals surface area contributed by atoms with Gasteiger partial charge >= 0.3 is 13.7 Å². The number of hydrogen-bond acceptors (Lipinski definition) is 4. The first-order chi connectivity index (χ1) is 10.1. The number of para-hydroxylation sites is 1. The average molecular weight is 335 g/mol. The molecule has 0 unspecified atom stereocenters. The highest BCUT2D eigenvalue weighted by molar-refractivity contribution is 7.50. The first kappa shape index (κ1) is 19.9. The lowest BCUT2D eigenvalue weighted by Gasteiger charge is -2.14. The number of hydrogen-bond donors (Lipinski definition) is 6. The number of nitrogens with two attached hydrogens (primary N) is 1. The quantitative estimate of drug-likeness (QED) is 0.236. The van der Waals surface area contributed by atoms with Crippen molar-refractivity contribution in [2.24, 2.45) is 10.5 Å². The molecule has 1 rings (SSSR count). The number of aliphatic carboxylic acids is 1. The van der Waals surface area contributed by atoms with Crippen LogP contribution in [0.3, 0.4) is 0 Å². The molecule has 0 atom stereocenters. The fraction of sp³-hybridized carbons (Fsp3) is 0.273. The van der Waals surface area contributed by atoms with E-state index in [2.05, 4.69) is 4.76 Å². The molecule has 0 aromatic heterocycles. The Morgan fingerprint density at radius 3 is 2.27 bits per heavy atom. The van der Waals surface area contributed by atoms with Crippen LogP contribution in [0.2, 0.25) is 0 Å². The van der Waals surface area contributed by atoms with Gasteiger partial charge in [-0.3, -0.25) is 4.79 Å². The molecule has 0 radical (unpaired) electrons. The zero-order valence-corrected chi connectivity index (χ0v) is 12.6. The summed E-state index contributed by atoms with van der Waals surface area (Å²) in [7, 11) is -3.34. The average Bonchev–Trinajstić information content (AvgIpc) is 2.37. The van der Waals surface area contributed by atoms with Crippen LogP contribution in [-0.4, -0.2) is 55.5 Å². The Labute approximate surface area is 126 Å². The Kier molecular flexibility index (Phi) is 8.13. The summed E-state index contributed by atoms with van der Waals surface area (Å²) >= 11 is 0. The fourth-order valence-corrected chi connectivity index (χ4v) is 1.56. The van der Waals surface area contributed by atoms with Crippen LogP contribution in [0, 0.1) is 0 Å². The number of nitrogens with zero attached hydrogens (tertiary/aromatic N) is 2. The van der Waals surface area contributed by atoms with Gasteiger partial charge in [-0.25, -0.2) is 4.57 Å². The lowest BCUT2D eigenvalue weighted by molar-refractivity contribution is -0.137. The van der Waals surface area contributed by atoms with E-state index in [1.165, 1.54) is 7.05 Å². The molecule has 10 nitrogen and oxygen atoms in total. The second kappa shape index (κ2) is 9.00. The van der Waals surface area contributed by atoms with Crippen LogP contribution in [-0.2, 0) is 16.0 Å². The molecule has 22 heavy (non-hydrogen) atoms. The van der Waals surface area contributed by atoms with E-state index in [0.29, 0.717) is 5.56 Å². The van der Waals surface area contributed by atoms with Gasteiger partial charge in [-0.1, -0.05) is 18.2 Å². The van der Waals surface area contributed by atoms with Gasteiger partial charge in [0.1, 0.15) is 12.3 Å². The first-order valence-electron chi connectivity index (χ1n) is 5.78. The van der Waals surface area contributed by atoms with E-state index in [1.807, 2.05) is 0 Å². The number of aliphatic hydroxyl groups excluding tert-OH is 1. The number of aromatic hydroxyl groups is 1. The number of carboxylic acid groups (broad SMARTS) is 1. The predicted molar refractivity (Wildman–Crippen MR) is 78.0 cm³/mol. The van der Waals surface area contributed by atoms with Crippen molar-refractivity contribution < 1.29 is 34.5 Å². The number of benzene rings is 1. The Balaban J connectivity index is 0.000000425. The van der Waals surface area contributed by atoms with Crippen LogP contribution < -0.4 is 5.73 Å². The number of likely N-dealkylation sites (N-methyl/N-ethyl adjacent to an activating group) is 1. The molecule has 7 N–H and O–H groups in total. The Morgan fingerprint density at radius 2 is 1.91 bits per heavy atom. The number of phenols is 1. The molecule has 0 fully saturated rings. The van der Waals surface area contributed by atoms with Crippen molar-refractivity contribution in [1.82, 2.24) is 4.90 Å².